The van der Waals surface area contributed by atoms with Crippen molar-refractivity contribution in [2.45, 2.75) is 20.0 Å². The van der Waals surface area contributed by atoms with E-state index in [1.165, 1.54) is 0 Å². The van der Waals surface area contributed by atoms with Crippen molar-refractivity contribution in [2.24, 2.45) is 0 Å². The molecule has 3 aromatic rings. The summed E-state index contributed by atoms with van der Waals surface area (Å²) >= 11 is 3.40. The molecule has 2 heterocycles. The Morgan fingerprint density at radius 2 is 2.09 bits per heavy atom. The first-order valence-corrected chi connectivity index (χ1v) is 8.06. The number of amides is 1. The highest BCUT2D eigenvalue weighted by Gasteiger charge is 2.14. The number of aromatic nitrogens is 4. The monoisotopic (exact) mass is 373 g/mol. The van der Waals surface area contributed by atoms with Gasteiger partial charge >= 0.3 is 0 Å². The molecule has 0 spiro atoms. The molecular formula is C16H16BrN5O. The van der Waals surface area contributed by atoms with Crippen LogP contribution in [0.15, 0.2) is 53.4 Å². The van der Waals surface area contributed by atoms with Gasteiger partial charge in [-0.1, -0.05) is 18.2 Å². The van der Waals surface area contributed by atoms with Crippen LogP contribution >= 0.6 is 15.9 Å². The van der Waals surface area contributed by atoms with Crippen molar-refractivity contribution in [3.8, 4) is 5.69 Å². The second-order valence-corrected chi connectivity index (χ2v) is 5.88. The minimum Gasteiger partial charge on any atom is -0.343 e. The molecule has 6 nitrogen and oxygen atoms in total. The van der Waals surface area contributed by atoms with Crippen molar-refractivity contribution >= 4 is 21.8 Å². The summed E-state index contributed by atoms with van der Waals surface area (Å²) in [5, 5.41) is 10.9. The Labute approximate surface area is 142 Å². The third-order valence-corrected chi connectivity index (χ3v) is 3.93. The van der Waals surface area contributed by atoms with Gasteiger partial charge in [0.25, 0.3) is 5.91 Å². The zero-order valence-electron chi connectivity index (χ0n) is 12.6. The Hall–Kier alpha value is -2.41. The molecule has 0 atom stereocenters. The minimum absolute atomic E-state index is 0.139. The van der Waals surface area contributed by atoms with Crippen molar-refractivity contribution in [3.63, 3.8) is 0 Å². The summed E-state index contributed by atoms with van der Waals surface area (Å²) in [6.45, 7) is 3.03. The van der Waals surface area contributed by atoms with Crippen molar-refractivity contribution in [2.75, 3.05) is 0 Å². The molecule has 0 bridgehead atoms. The van der Waals surface area contributed by atoms with Gasteiger partial charge in [0.2, 0.25) is 0 Å². The standard InChI is InChI=1S/C16H16BrN5O/c1-2-21-10-12(17)8-14(21)16(23)18-9-15-20-19-11-22(15)13-6-4-3-5-7-13/h3-8,10-11H,2,9H2,1H3,(H,18,23). The maximum Gasteiger partial charge on any atom is 0.268 e. The van der Waals surface area contributed by atoms with Gasteiger partial charge in [-0.2, -0.15) is 0 Å². The fourth-order valence-corrected chi connectivity index (χ4v) is 2.82. The number of carbonyl (C=O) groups excluding carboxylic acids is 1. The predicted molar refractivity (Wildman–Crippen MR) is 90.3 cm³/mol. The number of halogens is 1. The van der Waals surface area contributed by atoms with Crippen LogP contribution in [0, 0.1) is 0 Å². The maximum absolute atomic E-state index is 12.4. The van der Waals surface area contributed by atoms with Gasteiger partial charge in [-0.05, 0) is 41.1 Å². The summed E-state index contributed by atoms with van der Waals surface area (Å²) in [6, 6.07) is 11.6. The summed E-state index contributed by atoms with van der Waals surface area (Å²) in [5.41, 5.74) is 1.58. The second-order valence-electron chi connectivity index (χ2n) is 4.96. The van der Waals surface area contributed by atoms with E-state index in [0.717, 1.165) is 16.7 Å². The van der Waals surface area contributed by atoms with Crippen molar-refractivity contribution < 1.29 is 4.79 Å². The van der Waals surface area contributed by atoms with Gasteiger partial charge in [0.1, 0.15) is 12.0 Å². The molecule has 0 aliphatic heterocycles. The minimum atomic E-state index is -0.139. The lowest BCUT2D eigenvalue weighted by Gasteiger charge is -2.09. The topological polar surface area (TPSA) is 64.7 Å². The summed E-state index contributed by atoms with van der Waals surface area (Å²) in [6.07, 6.45) is 3.53. The molecule has 3 rings (SSSR count). The number of rotatable bonds is 5. The van der Waals surface area contributed by atoms with Gasteiger partial charge in [-0.3, -0.25) is 9.36 Å². The highest BCUT2D eigenvalue weighted by atomic mass is 79.9. The highest BCUT2D eigenvalue weighted by molar-refractivity contribution is 9.10. The highest BCUT2D eigenvalue weighted by Crippen LogP contribution is 2.15. The first-order chi connectivity index (χ1) is 11.2. The van der Waals surface area contributed by atoms with Crippen molar-refractivity contribution in [1.29, 1.82) is 0 Å². The lowest BCUT2D eigenvalue weighted by molar-refractivity contribution is 0.0940. The summed E-state index contributed by atoms with van der Waals surface area (Å²) in [4.78, 5) is 12.4. The molecule has 0 aliphatic carbocycles. The third-order valence-electron chi connectivity index (χ3n) is 3.50. The van der Waals surface area contributed by atoms with Crippen LogP contribution in [0.3, 0.4) is 0 Å². The van der Waals surface area contributed by atoms with Crippen LogP contribution in [-0.4, -0.2) is 25.2 Å². The molecule has 0 unspecified atom stereocenters. The summed E-state index contributed by atoms with van der Waals surface area (Å²) in [7, 11) is 0. The van der Waals surface area contributed by atoms with Crippen LogP contribution in [0.5, 0.6) is 0 Å². The van der Waals surface area contributed by atoms with Crippen LogP contribution in [0.1, 0.15) is 23.2 Å². The van der Waals surface area contributed by atoms with E-state index in [4.69, 9.17) is 0 Å². The van der Waals surface area contributed by atoms with Crippen LogP contribution in [0.25, 0.3) is 5.69 Å². The number of hydrogen-bond acceptors (Lipinski definition) is 3. The van der Waals surface area contributed by atoms with Crippen LogP contribution < -0.4 is 5.32 Å². The maximum atomic E-state index is 12.4. The number of aryl methyl sites for hydroxylation is 1. The summed E-state index contributed by atoms with van der Waals surface area (Å²) < 4.78 is 4.63. The molecule has 1 N–H and O–H groups in total. The van der Waals surface area contributed by atoms with Gasteiger partial charge in [0.15, 0.2) is 5.82 Å². The molecule has 1 aromatic carbocycles. The number of hydrogen-bond donors (Lipinski definition) is 1. The number of carbonyl (C=O) groups is 1. The van der Waals surface area contributed by atoms with Gasteiger partial charge in [-0.15, -0.1) is 10.2 Å². The molecule has 7 heteroatoms. The largest absolute Gasteiger partial charge is 0.343 e. The van der Waals surface area contributed by atoms with Crippen LogP contribution in [-0.2, 0) is 13.1 Å². The van der Waals surface area contributed by atoms with E-state index >= 15 is 0 Å². The smallest absolute Gasteiger partial charge is 0.268 e. The van der Waals surface area contributed by atoms with E-state index in [9.17, 15) is 4.79 Å². The fourth-order valence-electron chi connectivity index (χ4n) is 2.36. The van der Waals surface area contributed by atoms with E-state index in [-0.39, 0.29) is 5.91 Å². The lowest BCUT2D eigenvalue weighted by Crippen LogP contribution is -2.26. The lowest BCUT2D eigenvalue weighted by atomic mass is 10.3. The Morgan fingerprint density at radius 1 is 1.30 bits per heavy atom. The quantitative estimate of drug-likeness (QED) is 0.747. The summed E-state index contributed by atoms with van der Waals surface area (Å²) in [5.74, 6) is 0.540. The fraction of sp³-hybridized carbons (Fsp3) is 0.188. The first kappa shape index (κ1) is 15.5. The van der Waals surface area contributed by atoms with E-state index in [2.05, 4.69) is 31.4 Å². The molecule has 0 radical (unpaired) electrons. The van der Waals surface area contributed by atoms with Gasteiger partial charge < -0.3 is 9.88 Å². The van der Waals surface area contributed by atoms with Crippen LogP contribution in [0.2, 0.25) is 0 Å². The number of nitrogens with one attached hydrogen (secondary N) is 1. The van der Waals surface area contributed by atoms with Gasteiger partial charge in [0, 0.05) is 22.9 Å². The number of nitrogens with zero attached hydrogens (tertiary/aromatic N) is 4. The second kappa shape index (κ2) is 6.78. The molecule has 118 valence electrons. The predicted octanol–water partition coefficient (Wildman–Crippen LogP) is 2.78. The number of para-hydroxylation sites is 1. The van der Waals surface area contributed by atoms with Crippen LogP contribution in [0.4, 0.5) is 0 Å². The van der Waals surface area contributed by atoms with E-state index in [1.807, 2.05) is 52.6 Å². The zero-order chi connectivity index (χ0) is 16.2. The Balaban J connectivity index is 1.74. The molecule has 2 aromatic heterocycles. The van der Waals surface area contributed by atoms with Gasteiger partial charge in [0.05, 0.1) is 6.54 Å². The average Bonchev–Trinajstić information content (AvgIpc) is 3.19. The van der Waals surface area contributed by atoms with E-state index < -0.39 is 0 Å². The Bertz CT molecular complexity index is 809. The SMILES string of the molecule is CCn1cc(Br)cc1C(=O)NCc1nncn1-c1ccccc1. The normalized spacial score (nSPS) is 10.7. The Kier molecular flexibility index (Phi) is 4.57. The first-order valence-electron chi connectivity index (χ1n) is 7.27. The molecule has 23 heavy (non-hydrogen) atoms. The third kappa shape index (κ3) is 3.34. The molecule has 0 aliphatic rings. The van der Waals surface area contributed by atoms with E-state index in [0.29, 0.717) is 18.1 Å². The molecule has 0 fully saturated rings. The molecule has 1 amide bonds. The zero-order valence-corrected chi connectivity index (χ0v) is 14.2. The number of benzene rings is 1. The van der Waals surface area contributed by atoms with Crippen molar-refractivity contribution in [1.82, 2.24) is 24.6 Å². The average molecular weight is 374 g/mol. The van der Waals surface area contributed by atoms with Crippen molar-refractivity contribution in [3.05, 3.63) is 64.9 Å². The van der Waals surface area contributed by atoms with Gasteiger partial charge in [-0.25, -0.2) is 0 Å². The molecule has 0 saturated heterocycles. The molecule has 0 saturated carbocycles. The Morgan fingerprint density at radius 3 is 2.83 bits per heavy atom. The van der Waals surface area contributed by atoms with E-state index in [1.54, 1.807) is 12.4 Å². The molecular weight excluding hydrogens is 358 g/mol.